The topological polar surface area (TPSA) is 59.8 Å². The van der Waals surface area contributed by atoms with Gasteiger partial charge in [0.05, 0.1) is 18.3 Å². The van der Waals surface area contributed by atoms with Gasteiger partial charge < -0.3 is 14.6 Å². The van der Waals surface area contributed by atoms with Crippen molar-refractivity contribution in [3.8, 4) is 22.9 Å². The lowest BCUT2D eigenvalue weighted by Crippen LogP contribution is -2.33. The summed E-state index contributed by atoms with van der Waals surface area (Å²) in [5.41, 5.74) is 2.90. The number of rotatable bonds is 10. The van der Waals surface area contributed by atoms with Crippen molar-refractivity contribution in [2.75, 3.05) is 26.8 Å². The van der Waals surface area contributed by atoms with Crippen LogP contribution >= 0.6 is 0 Å². The van der Waals surface area contributed by atoms with Crippen LogP contribution in [-0.4, -0.2) is 52.7 Å². The molecule has 0 bridgehead atoms. The number of hydrogen-bond donors (Lipinski definition) is 1. The number of ether oxygens (including phenoxy) is 2. The highest BCUT2D eigenvalue weighted by Gasteiger charge is 2.22. The van der Waals surface area contributed by atoms with E-state index in [4.69, 9.17) is 14.6 Å². The number of para-hydroxylation sites is 1. The Labute approximate surface area is 172 Å². The van der Waals surface area contributed by atoms with E-state index in [2.05, 4.69) is 4.90 Å². The minimum atomic E-state index is -0.442. The molecule has 0 aliphatic heterocycles. The second-order valence-electron chi connectivity index (χ2n) is 7.11. The highest BCUT2D eigenvalue weighted by molar-refractivity contribution is 5.65. The number of aryl methyl sites for hydroxylation is 1. The van der Waals surface area contributed by atoms with E-state index in [-0.39, 0.29) is 0 Å². The van der Waals surface area contributed by atoms with Gasteiger partial charge in [-0.1, -0.05) is 48.5 Å². The van der Waals surface area contributed by atoms with Crippen LogP contribution in [0, 0.1) is 0 Å². The minimum absolute atomic E-state index is 0.442. The molecule has 0 saturated carbocycles. The first-order valence-electron chi connectivity index (χ1n) is 9.82. The average Bonchev–Trinajstić information content (AvgIpc) is 3.02. The standard InChI is InChI=1S/C23H29N3O3/c1-18(27)16-26(14-15-28-3)17-21-22(19-10-6-4-7-11-19)24-25(2)23(21)29-20-12-8-5-9-13-20/h4-13,18,27H,14-17H2,1-3H3. The second kappa shape index (κ2) is 10.2. The van der Waals surface area contributed by atoms with Crippen LogP contribution in [0.1, 0.15) is 12.5 Å². The summed E-state index contributed by atoms with van der Waals surface area (Å²) in [4.78, 5) is 2.16. The van der Waals surface area contributed by atoms with Crippen molar-refractivity contribution < 1.29 is 14.6 Å². The first-order valence-corrected chi connectivity index (χ1v) is 9.82. The van der Waals surface area contributed by atoms with E-state index in [1.807, 2.05) is 67.7 Å². The zero-order valence-corrected chi connectivity index (χ0v) is 17.3. The Morgan fingerprint density at radius 1 is 1.07 bits per heavy atom. The predicted molar refractivity (Wildman–Crippen MR) is 114 cm³/mol. The molecule has 0 aliphatic rings. The summed E-state index contributed by atoms with van der Waals surface area (Å²) in [6.45, 7) is 4.21. The van der Waals surface area contributed by atoms with E-state index in [0.29, 0.717) is 32.1 Å². The molecule has 1 N–H and O–H groups in total. The smallest absolute Gasteiger partial charge is 0.222 e. The van der Waals surface area contributed by atoms with Crippen molar-refractivity contribution in [3.63, 3.8) is 0 Å². The maximum Gasteiger partial charge on any atom is 0.222 e. The van der Waals surface area contributed by atoms with Crippen LogP contribution in [0.25, 0.3) is 11.3 Å². The summed E-state index contributed by atoms with van der Waals surface area (Å²) in [6.07, 6.45) is -0.442. The van der Waals surface area contributed by atoms with Gasteiger partial charge >= 0.3 is 0 Å². The lowest BCUT2D eigenvalue weighted by Gasteiger charge is -2.24. The van der Waals surface area contributed by atoms with Crippen molar-refractivity contribution in [1.29, 1.82) is 0 Å². The molecule has 0 amide bonds. The van der Waals surface area contributed by atoms with Gasteiger partial charge in [0, 0.05) is 39.4 Å². The van der Waals surface area contributed by atoms with E-state index in [0.717, 1.165) is 22.6 Å². The van der Waals surface area contributed by atoms with Crippen molar-refractivity contribution in [1.82, 2.24) is 14.7 Å². The molecular formula is C23H29N3O3. The van der Waals surface area contributed by atoms with Crippen LogP contribution in [0.2, 0.25) is 0 Å². The summed E-state index contributed by atoms with van der Waals surface area (Å²) >= 11 is 0. The van der Waals surface area contributed by atoms with E-state index in [1.165, 1.54) is 0 Å². The zero-order chi connectivity index (χ0) is 20.6. The maximum absolute atomic E-state index is 9.96. The van der Waals surface area contributed by atoms with Gasteiger partial charge in [-0.05, 0) is 19.1 Å². The minimum Gasteiger partial charge on any atom is -0.439 e. The van der Waals surface area contributed by atoms with Gasteiger partial charge in [0.15, 0.2) is 0 Å². The first-order chi connectivity index (χ1) is 14.1. The molecule has 6 nitrogen and oxygen atoms in total. The highest BCUT2D eigenvalue weighted by atomic mass is 16.5. The molecule has 6 heteroatoms. The summed E-state index contributed by atoms with van der Waals surface area (Å²) in [5.74, 6) is 1.46. The van der Waals surface area contributed by atoms with Crippen molar-refractivity contribution in [3.05, 3.63) is 66.2 Å². The van der Waals surface area contributed by atoms with Crippen LogP contribution < -0.4 is 4.74 Å². The Hall–Kier alpha value is -2.67. The third kappa shape index (κ3) is 5.67. The maximum atomic E-state index is 9.96. The SMILES string of the molecule is COCCN(Cc1c(-c2ccccc2)nn(C)c1Oc1ccccc1)CC(C)O. The molecule has 0 aliphatic carbocycles. The third-order valence-corrected chi connectivity index (χ3v) is 4.61. The Balaban J connectivity index is 2.00. The van der Waals surface area contributed by atoms with Crippen LogP contribution in [0.4, 0.5) is 0 Å². The summed E-state index contributed by atoms with van der Waals surface area (Å²) in [5, 5.41) is 14.7. The fourth-order valence-electron chi connectivity index (χ4n) is 3.30. The Kier molecular flexibility index (Phi) is 7.41. The fraction of sp³-hybridized carbons (Fsp3) is 0.348. The quantitative estimate of drug-likeness (QED) is 0.567. The lowest BCUT2D eigenvalue weighted by atomic mass is 10.1. The summed E-state index contributed by atoms with van der Waals surface area (Å²) in [7, 11) is 3.58. The number of methoxy groups -OCH3 is 1. The molecule has 1 aromatic heterocycles. The Bertz CT molecular complexity index is 879. The monoisotopic (exact) mass is 395 g/mol. The molecule has 154 valence electrons. The van der Waals surface area contributed by atoms with Crippen LogP contribution in [0.5, 0.6) is 11.6 Å². The van der Waals surface area contributed by atoms with Gasteiger partial charge in [0.1, 0.15) is 11.4 Å². The highest BCUT2D eigenvalue weighted by Crippen LogP contribution is 2.34. The molecule has 0 saturated heterocycles. The van der Waals surface area contributed by atoms with Crippen molar-refractivity contribution in [2.24, 2.45) is 7.05 Å². The van der Waals surface area contributed by atoms with Gasteiger partial charge in [-0.3, -0.25) is 4.90 Å². The molecule has 0 radical (unpaired) electrons. The second-order valence-corrected chi connectivity index (χ2v) is 7.11. The normalized spacial score (nSPS) is 12.3. The molecule has 1 heterocycles. The number of benzene rings is 2. The van der Waals surface area contributed by atoms with Gasteiger partial charge in [-0.2, -0.15) is 5.10 Å². The van der Waals surface area contributed by atoms with E-state index in [9.17, 15) is 5.11 Å². The number of aliphatic hydroxyl groups is 1. The first kappa shape index (κ1) is 21.0. The molecule has 3 aromatic rings. The summed E-state index contributed by atoms with van der Waals surface area (Å²) in [6, 6.07) is 19.8. The molecule has 0 fully saturated rings. The van der Waals surface area contributed by atoms with Gasteiger partial charge in [-0.15, -0.1) is 0 Å². The number of aromatic nitrogens is 2. The Morgan fingerprint density at radius 2 is 1.72 bits per heavy atom. The van der Waals surface area contributed by atoms with Crippen LogP contribution in [0.15, 0.2) is 60.7 Å². The molecule has 0 spiro atoms. The fourth-order valence-corrected chi connectivity index (χ4v) is 3.30. The zero-order valence-electron chi connectivity index (χ0n) is 17.3. The Morgan fingerprint density at radius 3 is 2.34 bits per heavy atom. The van der Waals surface area contributed by atoms with E-state index < -0.39 is 6.10 Å². The molecule has 2 aromatic carbocycles. The number of hydrogen-bond acceptors (Lipinski definition) is 5. The summed E-state index contributed by atoms with van der Waals surface area (Å²) < 4.78 is 13.3. The predicted octanol–water partition coefficient (Wildman–Crippen LogP) is 3.71. The van der Waals surface area contributed by atoms with E-state index in [1.54, 1.807) is 18.7 Å². The van der Waals surface area contributed by atoms with Gasteiger partial charge in [-0.25, -0.2) is 4.68 Å². The number of aliphatic hydroxyl groups excluding tert-OH is 1. The average molecular weight is 396 g/mol. The van der Waals surface area contributed by atoms with E-state index >= 15 is 0 Å². The lowest BCUT2D eigenvalue weighted by molar-refractivity contribution is 0.0936. The van der Waals surface area contributed by atoms with Crippen molar-refractivity contribution in [2.45, 2.75) is 19.6 Å². The van der Waals surface area contributed by atoms with Crippen molar-refractivity contribution >= 4 is 0 Å². The van der Waals surface area contributed by atoms with Crippen LogP contribution in [-0.2, 0) is 18.3 Å². The third-order valence-electron chi connectivity index (χ3n) is 4.61. The molecule has 29 heavy (non-hydrogen) atoms. The number of nitrogens with zero attached hydrogens (tertiary/aromatic N) is 3. The molecule has 3 rings (SSSR count). The molecule has 1 atom stereocenters. The van der Waals surface area contributed by atoms with Crippen LogP contribution in [0.3, 0.4) is 0 Å². The molecular weight excluding hydrogens is 366 g/mol. The largest absolute Gasteiger partial charge is 0.439 e. The van der Waals surface area contributed by atoms with Gasteiger partial charge in [0.25, 0.3) is 0 Å². The molecule has 1 unspecified atom stereocenters. The van der Waals surface area contributed by atoms with Gasteiger partial charge in [0.2, 0.25) is 5.88 Å².